The third-order valence-corrected chi connectivity index (χ3v) is 6.95. The zero-order chi connectivity index (χ0) is 29.3. The second-order valence-electron chi connectivity index (χ2n) is 11.3. The highest BCUT2D eigenvalue weighted by Crippen LogP contribution is 2.35. The van der Waals surface area contributed by atoms with Crippen molar-refractivity contribution in [1.29, 1.82) is 0 Å². The first-order valence-electron chi connectivity index (χ1n) is 13.3. The summed E-state index contributed by atoms with van der Waals surface area (Å²) in [5, 5.41) is 9.94. The molecule has 0 spiro atoms. The third kappa shape index (κ3) is 9.42. The number of carboxylic acid groups (broad SMARTS) is 1. The molecule has 0 saturated carbocycles. The number of hydrogen-bond donors (Lipinski definition) is 2. The lowest BCUT2D eigenvalue weighted by Gasteiger charge is -2.28. The molecule has 1 aromatic carbocycles. The van der Waals surface area contributed by atoms with Gasteiger partial charge in [-0.15, -0.1) is 0 Å². The van der Waals surface area contributed by atoms with Crippen LogP contribution < -0.4 is 15.2 Å². The molecule has 214 valence electrons. The van der Waals surface area contributed by atoms with E-state index in [2.05, 4.69) is 0 Å². The van der Waals surface area contributed by atoms with Crippen LogP contribution in [-0.2, 0) is 30.3 Å². The quantitative estimate of drug-likeness (QED) is 0.229. The summed E-state index contributed by atoms with van der Waals surface area (Å²) in [7, 11) is 0. The number of aliphatic carboxylic acids is 1. The number of benzene rings is 1. The Labute approximate surface area is 226 Å². The lowest BCUT2D eigenvalue weighted by atomic mass is 9.86. The Bertz CT molecular complexity index is 1000. The number of carbonyl (C=O) groups is 4. The molecular formula is C29H45NO8. The molecule has 2 atom stereocenters. The van der Waals surface area contributed by atoms with Crippen molar-refractivity contribution in [2.24, 2.45) is 16.6 Å². The van der Waals surface area contributed by atoms with Crippen molar-refractivity contribution in [2.45, 2.75) is 112 Å². The highest BCUT2D eigenvalue weighted by molar-refractivity contribution is 5.82. The van der Waals surface area contributed by atoms with Gasteiger partial charge in [0.05, 0.1) is 10.8 Å². The fraction of sp³-hybridized carbons (Fsp3) is 0.655. The molecular weight excluding hydrogens is 490 g/mol. The molecule has 1 rings (SSSR count). The summed E-state index contributed by atoms with van der Waals surface area (Å²) >= 11 is 0. The number of rotatable bonds is 15. The number of unbranched alkanes of at least 4 members (excludes halogenated alkanes) is 1. The molecule has 1 aromatic rings. The standard InChI is InChI=1S/C29H45NO8/c1-9-12-13-23(31)36-19(4)17-29(30,24(32)33)18-20-14-15-21(37-25(34)27(5,6)10-2)22(16-20)38-26(35)28(7,8)11-3/h14-16,19H,9-13,17-18,30H2,1-8H3,(H,32,33)/t19-,29?/m0/s1. The van der Waals surface area contributed by atoms with Gasteiger partial charge in [-0.2, -0.15) is 0 Å². The van der Waals surface area contributed by atoms with E-state index in [1.807, 2.05) is 20.8 Å². The fourth-order valence-corrected chi connectivity index (χ4v) is 3.35. The number of ether oxygens (including phenoxy) is 3. The maximum absolute atomic E-state index is 12.9. The highest BCUT2D eigenvalue weighted by Gasteiger charge is 2.38. The van der Waals surface area contributed by atoms with Crippen molar-refractivity contribution in [1.82, 2.24) is 0 Å². The first kappa shape index (κ1) is 33.1. The lowest BCUT2D eigenvalue weighted by molar-refractivity contribution is -0.153. The Morgan fingerprint density at radius 3 is 1.92 bits per heavy atom. The van der Waals surface area contributed by atoms with E-state index < -0.39 is 46.4 Å². The largest absolute Gasteiger partial charge is 0.480 e. The molecule has 0 bridgehead atoms. The van der Waals surface area contributed by atoms with Crippen molar-refractivity contribution < 1.29 is 38.5 Å². The van der Waals surface area contributed by atoms with Crippen molar-refractivity contribution >= 4 is 23.9 Å². The van der Waals surface area contributed by atoms with E-state index in [9.17, 15) is 24.3 Å². The Balaban J connectivity index is 3.31. The van der Waals surface area contributed by atoms with E-state index in [0.717, 1.165) is 6.42 Å². The minimum atomic E-state index is -1.77. The summed E-state index contributed by atoms with van der Waals surface area (Å²) in [4.78, 5) is 49.8. The Kier molecular flexibility index (Phi) is 12.0. The molecule has 0 heterocycles. The van der Waals surface area contributed by atoms with Gasteiger partial charge in [-0.05, 0) is 71.6 Å². The van der Waals surface area contributed by atoms with E-state index in [4.69, 9.17) is 19.9 Å². The van der Waals surface area contributed by atoms with Crippen LogP contribution in [0.1, 0.15) is 99.5 Å². The first-order valence-corrected chi connectivity index (χ1v) is 13.3. The van der Waals surface area contributed by atoms with Gasteiger partial charge in [0.15, 0.2) is 11.5 Å². The average Bonchev–Trinajstić information content (AvgIpc) is 2.83. The predicted octanol–water partition coefficient (Wildman–Crippen LogP) is 5.21. The van der Waals surface area contributed by atoms with E-state index in [0.29, 0.717) is 24.8 Å². The van der Waals surface area contributed by atoms with Crippen LogP contribution in [0.2, 0.25) is 0 Å². The monoisotopic (exact) mass is 535 g/mol. The maximum Gasteiger partial charge on any atom is 0.324 e. The summed E-state index contributed by atoms with van der Waals surface area (Å²) < 4.78 is 16.6. The summed E-state index contributed by atoms with van der Waals surface area (Å²) in [6.07, 6.45) is 1.84. The zero-order valence-electron chi connectivity index (χ0n) is 24.1. The molecule has 9 nitrogen and oxygen atoms in total. The number of carbonyl (C=O) groups excluding carboxylic acids is 3. The number of carboxylic acids is 1. The zero-order valence-corrected chi connectivity index (χ0v) is 24.1. The van der Waals surface area contributed by atoms with E-state index >= 15 is 0 Å². The summed E-state index contributed by atoms with van der Waals surface area (Å²) in [6.45, 7) is 14.3. The summed E-state index contributed by atoms with van der Waals surface area (Å²) in [5.41, 5.74) is 3.43. The lowest BCUT2D eigenvalue weighted by Crippen LogP contribution is -2.52. The minimum Gasteiger partial charge on any atom is -0.480 e. The Morgan fingerprint density at radius 2 is 1.45 bits per heavy atom. The summed E-state index contributed by atoms with van der Waals surface area (Å²) in [6, 6.07) is 4.51. The molecule has 0 aromatic heterocycles. The van der Waals surface area contributed by atoms with Crippen LogP contribution in [0, 0.1) is 10.8 Å². The second-order valence-corrected chi connectivity index (χ2v) is 11.3. The Morgan fingerprint density at radius 1 is 0.921 bits per heavy atom. The highest BCUT2D eigenvalue weighted by atomic mass is 16.6. The molecule has 3 N–H and O–H groups in total. The van der Waals surface area contributed by atoms with E-state index in [1.54, 1.807) is 40.7 Å². The topological polar surface area (TPSA) is 142 Å². The van der Waals surface area contributed by atoms with Crippen molar-refractivity contribution in [3.8, 4) is 11.5 Å². The normalized spacial score (nSPS) is 14.2. The molecule has 9 heteroatoms. The smallest absolute Gasteiger partial charge is 0.324 e. The van der Waals surface area contributed by atoms with Gasteiger partial charge in [0.1, 0.15) is 11.6 Å². The molecule has 38 heavy (non-hydrogen) atoms. The second kappa shape index (κ2) is 13.7. The van der Waals surface area contributed by atoms with Gasteiger partial charge >= 0.3 is 23.9 Å². The molecule has 0 aliphatic carbocycles. The van der Waals surface area contributed by atoms with Crippen molar-refractivity contribution in [3.63, 3.8) is 0 Å². The summed E-state index contributed by atoms with van der Waals surface area (Å²) in [5.74, 6) is -2.62. The molecule has 0 aliphatic heterocycles. The van der Waals surface area contributed by atoms with Crippen molar-refractivity contribution in [3.05, 3.63) is 23.8 Å². The fourth-order valence-electron chi connectivity index (χ4n) is 3.35. The van der Waals surface area contributed by atoms with E-state index in [-0.39, 0.29) is 30.8 Å². The molecule has 0 amide bonds. The van der Waals surface area contributed by atoms with Gasteiger partial charge in [-0.1, -0.05) is 33.3 Å². The van der Waals surface area contributed by atoms with Gasteiger partial charge in [0.2, 0.25) is 0 Å². The third-order valence-electron chi connectivity index (χ3n) is 6.95. The van der Waals surface area contributed by atoms with Crippen molar-refractivity contribution in [2.75, 3.05) is 0 Å². The van der Waals surface area contributed by atoms with Gasteiger partial charge in [0.25, 0.3) is 0 Å². The van der Waals surface area contributed by atoms with Crippen LogP contribution in [0.5, 0.6) is 11.5 Å². The van der Waals surface area contributed by atoms with Gasteiger partial charge < -0.3 is 25.1 Å². The van der Waals surface area contributed by atoms with Crippen LogP contribution in [0.15, 0.2) is 18.2 Å². The number of esters is 3. The van der Waals surface area contributed by atoms with Crippen LogP contribution in [0.25, 0.3) is 0 Å². The SMILES string of the molecule is CCCCC(=O)O[C@@H](C)CC(N)(Cc1ccc(OC(=O)C(C)(C)CC)c(OC(=O)C(C)(C)CC)c1)C(=O)O. The number of nitrogens with two attached hydrogens (primary N) is 1. The minimum absolute atomic E-state index is 0.000980. The van der Waals surface area contributed by atoms with Gasteiger partial charge in [-0.3, -0.25) is 19.2 Å². The first-order chi connectivity index (χ1) is 17.5. The molecule has 1 unspecified atom stereocenters. The average molecular weight is 536 g/mol. The maximum atomic E-state index is 12.9. The number of hydrogen-bond acceptors (Lipinski definition) is 8. The van der Waals surface area contributed by atoms with Crippen LogP contribution in [-0.4, -0.2) is 40.6 Å². The van der Waals surface area contributed by atoms with Crippen LogP contribution in [0.4, 0.5) is 0 Å². The molecule has 0 fully saturated rings. The Hall–Kier alpha value is -2.94. The molecule has 0 saturated heterocycles. The predicted molar refractivity (Wildman–Crippen MR) is 144 cm³/mol. The van der Waals surface area contributed by atoms with Crippen LogP contribution >= 0.6 is 0 Å². The molecule has 0 aliphatic rings. The van der Waals surface area contributed by atoms with Gasteiger partial charge in [-0.25, -0.2) is 0 Å². The van der Waals surface area contributed by atoms with E-state index in [1.165, 1.54) is 12.1 Å². The molecule has 0 radical (unpaired) electrons. The van der Waals surface area contributed by atoms with Gasteiger partial charge in [0, 0.05) is 19.3 Å². The van der Waals surface area contributed by atoms with Crippen LogP contribution in [0.3, 0.4) is 0 Å².